The zero-order valence-corrected chi connectivity index (χ0v) is 22.9. The van der Waals surface area contributed by atoms with Gasteiger partial charge in [0.2, 0.25) is 5.91 Å². The SMILES string of the molecule is CCOc1cc(/C=C2/SC(=O)N(CC(=O)N3CCOCC3)C2=O)cc(Cl)c1OCc1ccc2ccccc2c1. The fraction of sp³-hybridized carbons (Fsp3) is 0.276. The maximum absolute atomic E-state index is 13.0. The highest BCUT2D eigenvalue weighted by Gasteiger charge is 2.37. The number of thioether (sulfide) groups is 1. The Balaban J connectivity index is 1.32. The van der Waals surface area contributed by atoms with E-state index in [-0.39, 0.29) is 17.4 Å². The molecule has 0 aliphatic carbocycles. The van der Waals surface area contributed by atoms with Crippen LogP contribution in [0.3, 0.4) is 0 Å². The lowest BCUT2D eigenvalue weighted by atomic mass is 10.1. The van der Waals surface area contributed by atoms with Gasteiger partial charge in [-0.2, -0.15) is 0 Å². The van der Waals surface area contributed by atoms with Crippen molar-refractivity contribution in [2.45, 2.75) is 13.5 Å². The topological polar surface area (TPSA) is 85.4 Å². The molecule has 2 aliphatic rings. The summed E-state index contributed by atoms with van der Waals surface area (Å²) in [6.45, 7) is 4.00. The average Bonchev–Trinajstić information content (AvgIpc) is 3.20. The molecule has 2 fully saturated rings. The maximum Gasteiger partial charge on any atom is 0.294 e. The Morgan fingerprint density at radius 3 is 2.59 bits per heavy atom. The van der Waals surface area contributed by atoms with Crippen molar-refractivity contribution in [3.63, 3.8) is 0 Å². The highest BCUT2D eigenvalue weighted by molar-refractivity contribution is 8.18. The molecule has 8 nitrogen and oxygen atoms in total. The average molecular weight is 567 g/mol. The molecular weight excluding hydrogens is 540 g/mol. The summed E-state index contributed by atoms with van der Waals surface area (Å²) in [7, 11) is 0. The van der Waals surface area contributed by atoms with Crippen molar-refractivity contribution in [2.75, 3.05) is 39.5 Å². The number of hydrogen-bond acceptors (Lipinski definition) is 7. The first-order valence-electron chi connectivity index (χ1n) is 12.6. The molecule has 39 heavy (non-hydrogen) atoms. The standard InChI is InChI=1S/C29H27ClN2O6S/c1-2-37-24-15-20(14-23(30)27(24)38-18-19-7-8-21-5-3-4-6-22(21)13-19)16-25-28(34)32(29(35)39-25)17-26(33)31-9-11-36-12-10-31/h3-8,13-16H,2,9-12,17-18H2,1H3/b25-16+. The van der Waals surface area contributed by atoms with E-state index in [1.165, 1.54) is 0 Å². The molecule has 0 saturated carbocycles. The first-order valence-corrected chi connectivity index (χ1v) is 13.8. The lowest BCUT2D eigenvalue weighted by molar-refractivity contribution is -0.139. The minimum absolute atomic E-state index is 0.207. The maximum atomic E-state index is 13.0. The number of morpholine rings is 1. The molecule has 3 amide bonds. The molecule has 0 spiro atoms. The van der Waals surface area contributed by atoms with Crippen LogP contribution in [0.4, 0.5) is 4.79 Å². The lowest BCUT2D eigenvalue weighted by Gasteiger charge is -2.28. The van der Waals surface area contributed by atoms with Crippen LogP contribution < -0.4 is 9.47 Å². The minimum Gasteiger partial charge on any atom is -0.490 e. The lowest BCUT2D eigenvalue weighted by Crippen LogP contribution is -2.46. The summed E-state index contributed by atoms with van der Waals surface area (Å²) in [6.07, 6.45) is 1.58. The molecule has 10 heteroatoms. The highest BCUT2D eigenvalue weighted by Crippen LogP contribution is 2.39. The van der Waals surface area contributed by atoms with Crippen LogP contribution in [0, 0.1) is 0 Å². The summed E-state index contributed by atoms with van der Waals surface area (Å²) in [6, 6.07) is 17.6. The van der Waals surface area contributed by atoms with E-state index in [9.17, 15) is 14.4 Å². The zero-order valence-electron chi connectivity index (χ0n) is 21.4. The van der Waals surface area contributed by atoms with Crippen LogP contribution in [-0.2, 0) is 20.9 Å². The molecule has 202 valence electrons. The van der Waals surface area contributed by atoms with Crippen LogP contribution in [0.25, 0.3) is 16.8 Å². The first kappa shape index (κ1) is 27.1. The van der Waals surface area contributed by atoms with Gasteiger partial charge in [0.05, 0.1) is 29.7 Å². The molecule has 0 unspecified atom stereocenters. The zero-order chi connectivity index (χ0) is 27.4. The number of ether oxygens (including phenoxy) is 3. The van der Waals surface area contributed by atoms with Crippen LogP contribution in [0.1, 0.15) is 18.1 Å². The summed E-state index contributed by atoms with van der Waals surface area (Å²) in [5.41, 5.74) is 1.56. The Morgan fingerprint density at radius 1 is 1.05 bits per heavy atom. The van der Waals surface area contributed by atoms with Crippen LogP contribution in [0.15, 0.2) is 59.5 Å². The second-order valence-electron chi connectivity index (χ2n) is 8.99. The number of benzene rings is 3. The van der Waals surface area contributed by atoms with Gasteiger partial charge in [-0.3, -0.25) is 19.3 Å². The quantitative estimate of drug-likeness (QED) is 0.339. The fourth-order valence-corrected chi connectivity index (χ4v) is 5.51. The number of hydrogen-bond donors (Lipinski definition) is 0. The molecule has 2 saturated heterocycles. The third kappa shape index (κ3) is 6.21. The summed E-state index contributed by atoms with van der Waals surface area (Å²) in [5.74, 6) is 0.0283. The van der Waals surface area contributed by atoms with Gasteiger partial charge in [-0.15, -0.1) is 0 Å². The van der Waals surface area contributed by atoms with E-state index < -0.39 is 11.1 Å². The molecule has 3 aromatic rings. The molecule has 0 N–H and O–H groups in total. The number of halogens is 1. The predicted octanol–water partition coefficient (Wildman–Crippen LogP) is 5.37. The van der Waals surface area contributed by atoms with Crippen molar-refractivity contribution in [3.05, 3.63) is 75.7 Å². The number of carbonyl (C=O) groups is 3. The van der Waals surface area contributed by atoms with Crippen molar-refractivity contribution < 1.29 is 28.6 Å². The summed E-state index contributed by atoms with van der Waals surface area (Å²) in [4.78, 5) is 40.9. The van der Waals surface area contributed by atoms with Crippen LogP contribution >= 0.6 is 23.4 Å². The van der Waals surface area contributed by atoms with Crippen LogP contribution in [0.5, 0.6) is 11.5 Å². The van der Waals surface area contributed by atoms with E-state index in [0.29, 0.717) is 61.6 Å². The number of imide groups is 1. The Hall–Kier alpha value is -3.53. The van der Waals surface area contributed by atoms with E-state index in [2.05, 4.69) is 12.1 Å². The predicted molar refractivity (Wildman–Crippen MR) is 151 cm³/mol. The van der Waals surface area contributed by atoms with Crippen molar-refractivity contribution in [2.24, 2.45) is 0 Å². The van der Waals surface area contributed by atoms with Crippen molar-refractivity contribution in [1.29, 1.82) is 0 Å². The second-order valence-corrected chi connectivity index (χ2v) is 10.4. The molecule has 2 heterocycles. The summed E-state index contributed by atoms with van der Waals surface area (Å²) >= 11 is 7.39. The van der Waals surface area contributed by atoms with E-state index in [1.54, 1.807) is 23.1 Å². The number of carbonyl (C=O) groups excluding carboxylic acids is 3. The Labute approximate surface area is 235 Å². The van der Waals surface area contributed by atoms with Gasteiger partial charge in [-0.1, -0.05) is 48.0 Å². The van der Waals surface area contributed by atoms with E-state index >= 15 is 0 Å². The molecular formula is C29H27ClN2O6S. The Morgan fingerprint density at radius 2 is 1.82 bits per heavy atom. The molecule has 0 bridgehead atoms. The fourth-order valence-electron chi connectivity index (χ4n) is 4.39. The van der Waals surface area contributed by atoms with Gasteiger partial charge in [0.1, 0.15) is 13.2 Å². The van der Waals surface area contributed by atoms with Gasteiger partial charge in [0.25, 0.3) is 11.1 Å². The molecule has 5 rings (SSSR count). The van der Waals surface area contributed by atoms with E-state index in [4.69, 9.17) is 25.8 Å². The third-order valence-electron chi connectivity index (χ3n) is 6.36. The van der Waals surface area contributed by atoms with Gasteiger partial charge in [0, 0.05) is 13.1 Å². The molecule has 0 aromatic heterocycles. The number of rotatable bonds is 8. The highest BCUT2D eigenvalue weighted by atomic mass is 35.5. The van der Waals surface area contributed by atoms with Crippen molar-refractivity contribution in [3.8, 4) is 11.5 Å². The molecule has 0 atom stereocenters. The minimum atomic E-state index is -0.516. The normalized spacial score (nSPS) is 16.8. The van der Waals surface area contributed by atoms with Gasteiger partial charge in [-0.05, 0) is 64.9 Å². The van der Waals surface area contributed by atoms with Gasteiger partial charge in [0.15, 0.2) is 11.5 Å². The van der Waals surface area contributed by atoms with Crippen LogP contribution in [0.2, 0.25) is 5.02 Å². The summed E-state index contributed by atoms with van der Waals surface area (Å²) < 4.78 is 17.1. The van der Waals surface area contributed by atoms with Gasteiger partial charge in [-0.25, -0.2) is 0 Å². The Bertz CT molecular complexity index is 1450. The largest absolute Gasteiger partial charge is 0.490 e. The van der Waals surface area contributed by atoms with Crippen molar-refractivity contribution in [1.82, 2.24) is 9.80 Å². The van der Waals surface area contributed by atoms with E-state index in [1.807, 2.05) is 37.3 Å². The first-order chi connectivity index (χ1) is 18.9. The molecule has 3 aromatic carbocycles. The van der Waals surface area contributed by atoms with Gasteiger partial charge >= 0.3 is 0 Å². The number of amides is 3. The molecule has 0 radical (unpaired) electrons. The van der Waals surface area contributed by atoms with Crippen LogP contribution in [-0.4, -0.2) is 66.3 Å². The molecule has 2 aliphatic heterocycles. The van der Waals surface area contributed by atoms with Gasteiger partial charge < -0.3 is 19.1 Å². The smallest absolute Gasteiger partial charge is 0.294 e. The monoisotopic (exact) mass is 566 g/mol. The third-order valence-corrected chi connectivity index (χ3v) is 7.55. The second kappa shape index (κ2) is 12.1. The number of nitrogens with zero attached hydrogens (tertiary/aromatic N) is 2. The van der Waals surface area contributed by atoms with Crippen molar-refractivity contribution >= 4 is 57.3 Å². The summed E-state index contributed by atoms with van der Waals surface area (Å²) in [5, 5.41) is 2.09. The Kier molecular flexibility index (Phi) is 8.40. The van der Waals surface area contributed by atoms with E-state index in [0.717, 1.165) is 33.0 Å². The number of fused-ring (bicyclic) bond motifs is 1.